The van der Waals surface area contributed by atoms with E-state index in [1.807, 2.05) is 0 Å². The average Bonchev–Trinajstić information content (AvgIpc) is 2.92. The number of hydrogen-bond donors (Lipinski definition) is 1. The fourth-order valence-corrected chi connectivity index (χ4v) is 1.73. The van der Waals surface area contributed by atoms with Crippen molar-refractivity contribution in [3.8, 4) is 28.6 Å². The summed E-state index contributed by atoms with van der Waals surface area (Å²) in [5.41, 5.74) is 0.497. The lowest BCUT2D eigenvalue weighted by atomic mass is 10.2. The third-order valence-electron chi connectivity index (χ3n) is 2.73. The molecule has 0 aliphatic heterocycles. The minimum atomic E-state index is -1.03. The number of phenols is 1. The lowest BCUT2D eigenvalue weighted by Gasteiger charge is -1.97. The van der Waals surface area contributed by atoms with E-state index in [0.717, 1.165) is 6.07 Å². The van der Waals surface area contributed by atoms with Crippen LogP contribution in [0.1, 0.15) is 0 Å². The summed E-state index contributed by atoms with van der Waals surface area (Å²) < 4.78 is 31.7. The monoisotopic (exact) mass is 274 g/mol. The summed E-state index contributed by atoms with van der Waals surface area (Å²) in [6, 6.07) is 9.83. The number of nitrogens with zero attached hydrogens (tertiary/aromatic N) is 2. The minimum absolute atomic E-state index is 0.0949. The van der Waals surface area contributed by atoms with Gasteiger partial charge in [-0.15, -0.1) is 0 Å². The van der Waals surface area contributed by atoms with E-state index < -0.39 is 11.6 Å². The van der Waals surface area contributed by atoms with E-state index in [2.05, 4.69) is 10.1 Å². The second-order valence-electron chi connectivity index (χ2n) is 4.07. The molecule has 0 spiro atoms. The van der Waals surface area contributed by atoms with Gasteiger partial charge in [-0.25, -0.2) is 8.78 Å². The second kappa shape index (κ2) is 4.73. The van der Waals surface area contributed by atoms with Crippen molar-refractivity contribution in [1.29, 1.82) is 0 Å². The fraction of sp³-hybridized carbons (Fsp3) is 0. The Morgan fingerprint density at radius 3 is 2.50 bits per heavy atom. The summed E-state index contributed by atoms with van der Waals surface area (Å²) in [6.45, 7) is 0. The smallest absolute Gasteiger partial charge is 0.261 e. The Labute approximate surface area is 112 Å². The highest BCUT2D eigenvalue weighted by atomic mass is 19.2. The highest BCUT2D eigenvalue weighted by molar-refractivity contribution is 5.60. The van der Waals surface area contributed by atoms with Crippen LogP contribution >= 0.6 is 0 Å². The number of halogens is 2. The molecule has 0 saturated carbocycles. The van der Waals surface area contributed by atoms with Gasteiger partial charge in [0.15, 0.2) is 11.6 Å². The van der Waals surface area contributed by atoms with Gasteiger partial charge in [-0.2, -0.15) is 4.98 Å². The molecular formula is C14H8F2N2O2. The molecule has 0 saturated heterocycles. The third-order valence-corrected chi connectivity index (χ3v) is 2.73. The number of hydrogen-bond acceptors (Lipinski definition) is 4. The molecule has 100 valence electrons. The van der Waals surface area contributed by atoms with Gasteiger partial charge in [-0.1, -0.05) is 11.2 Å². The molecule has 2 aromatic carbocycles. The molecule has 0 aliphatic rings. The first kappa shape index (κ1) is 12.3. The van der Waals surface area contributed by atoms with Crippen molar-refractivity contribution >= 4 is 0 Å². The van der Waals surface area contributed by atoms with Crippen LogP contribution in [0.2, 0.25) is 0 Å². The molecule has 0 fully saturated rings. The summed E-state index contributed by atoms with van der Waals surface area (Å²) in [7, 11) is 0. The van der Waals surface area contributed by atoms with Crippen molar-refractivity contribution in [3.63, 3.8) is 0 Å². The first-order valence-electron chi connectivity index (χ1n) is 5.72. The van der Waals surface area contributed by atoms with Crippen LogP contribution in [0.15, 0.2) is 47.0 Å². The molecule has 0 unspecified atom stereocenters. The SMILES string of the molecule is Oc1ccc(-c2noc(-c3cccc(F)c3F)n2)cc1. The molecule has 0 amide bonds. The topological polar surface area (TPSA) is 59.2 Å². The molecule has 4 nitrogen and oxygen atoms in total. The molecule has 0 radical (unpaired) electrons. The van der Waals surface area contributed by atoms with Gasteiger partial charge in [0.05, 0.1) is 5.56 Å². The first-order chi connectivity index (χ1) is 9.65. The Kier molecular flexibility index (Phi) is 2.90. The second-order valence-corrected chi connectivity index (χ2v) is 4.07. The van der Waals surface area contributed by atoms with Gasteiger partial charge in [-0.3, -0.25) is 0 Å². The average molecular weight is 274 g/mol. The highest BCUT2D eigenvalue weighted by Crippen LogP contribution is 2.26. The predicted molar refractivity (Wildman–Crippen MR) is 66.8 cm³/mol. The Morgan fingerprint density at radius 2 is 1.75 bits per heavy atom. The van der Waals surface area contributed by atoms with Gasteiger partial charge in [-0.05, 0) is 36.4 Å². The Hall–Kier alpha value is -2.76. The molecule has 3 aromatic rings. The van der Waals surface area contributed by atoms with Crippen LogP contribution in [0, 0.1) is 11.6 Å². The van der Waals surface area contributed by atoms with Crippen LogP contribution in [0.3, 0.4) is 0 Å². The van der Waals surface area contributed by atoms with E-state index in [-0.39, 0.29) is 23.0 Å². The zero-order valence-electron chi connectivity index (χ0n) is 10.0. The maximum atomic E-state index is 13.6. The quantitative estimate of drug-likeness (QED) is 0.778. The largest absolute Gasteiger partial charge is 0.508 e. The summed E-state index contributed by atoms with van der Waals surface area (Å²) in [4.78, 5) is 4.02. The Bertz CT molecular complexity index is 754. The zero-order chi connectivity index (χ0) is 14.1. The first-order valence-corrected chi connectivity index (χ1v) is 5.72. The highest BCUT2D eigenvalue weighted by Gasteiger charge is 2.16. The number of rotatable bonds is 2. The van der Waals surface area contributed by atoms with E-state index in [1.54, 1.807) is 12.1 Å². The van der Waals surface area contributed by atoms with Crippen molar-refractivity contribution in [2.24, 2.45) is 0 Å². The van der Waals surface area contributed by atoms with Crippen molar-refractivity contribution in [1.82, 2.24) is 10.1 Å². The van der Waals surface area contributed by atoms with Crippen LogP contribution < -0.4 is 0 Å². The van der Waals surface area contributed by atoms with Gasteiger partial charge in [0.2, 0.25) is 5.82 Å². The van der Waals surface area contributed by atoms with Crippen molar-refractivity contribution < 1.29 is 18.4 Å². The number of aromatic hydroxyl groups is 1. The molecule has 1 N–H and O–H groups in total. The van der Waals surface area contributed by atoms with Crippen molar-refractivity contribution in [3.05, 3.63) is 54.1 Å². The van der Waals surface area contributed by atoms with Gasteiger partial charge < -0.3 is 9.63 Å². The van der Waals surface area contributed by atoms with E-state index in [4.69, 9.17) is 4.52 Å². The Morgan fingerprint density at radius 1 is 1.00 bits per heavy atom. The van der Waals surface area contributed by atoms with Gasteiger partial charge >= 0.3 is 0 Å². The van der Waals surface area contributed by atoms with Crippen LogP contribution in [-0.4, -0.2) is 15.2 Å². The van der Waals surface area contributed by atoms with Crippen LogP contribution in [-0.2, 0) is 0 Å². The van der Waals surface area contributed by atoms with E-state index in [0.29, 0.717) is 5.56 Å². The summed E-state index contributed by atoms with van der Waals surface area (Å²) in [5.74, 6) is -1.79. The van der Waals surface area contributed by atoms with Crippen molar-refractivity contribution in [2.75, 3.05) is 0 Å². The summed E-state index contributed by atoms with van der Waals surface area (Å²) in [6.07, 6.45) is 0. The number of phenolic OH excluding ortho intramolecular Hbond substituents is 1. The maximum Gasteiger partial charge on any atom is 0.261 e. The molecule has 1 aromatic heterocycles. The van der Waals surface area contributed by atoms with Gasteiger partial charge in [0, 0.05) is 5.56 Å². The van der Waals surface area contributed by atoms with Gasteiger partial charge in [0.1, 0.15) is 5.75 Å². The zero-order valence-corrected chi connectivity index (χ0v) is 10.0. The number of aromatic nitrogens is 2. The molecule has 6 heteroatoms. The molecule has 20 heavy (non-hydrogen) atoms. The van der Waals surface area contributed by atoms with Crippen LogP contribution in [0.4, 0.5) is 8.78 Å². The molecule has 0 atom stereocenters. The summed E-state index contributed by atoms with van der Waals surface area (Å²) in [5, 5.41) is 12.9. The summed E-state index contributed by atoms with van der Waals surface area (Å²) >= 11 is 0. The van der Waals surface area contributed by atoms with Crippen molar-refractivity contribution in [2.45, 2.75) is 0 Å². The van der Waals surface area contributed by atoms with Gasteiger partial charge in [0.25, 0.3) is 5.89 Å². The number of benzene rings is 2. The predicted octanol–water partition coefficient (Wildman–Crippen LogP) is 3.39. The minimum Gasteiger partial charge on any atom is -0.508 e. The van der Waals surface area contributed by atoms with E-state index >= 15 is 0 Å². The standard InChI is InChI=1S/C14H8F2N2O2/c15-11-3-1-2-10(12(11)16)14-17-13(18-20-14)8-4-6-9(19)7-5-8/h1-7,19H. The maximum absolute atomic E-state index is 13.6. The Balaban J connectivity index is 2.02. The van der Waals surface area contributed by atoms with Crippen LogP contribution in [0.5, 0.6) is 5.75 Å². The third kappa shape index (κ3) is 2.11. The van der Waals surface area contributed by atoms with E-state index in [9.17, 15) is 13.9 Å². The molecular weight excluding hydrogens is 266 g/mol. The molecule has 0 aliphatic carbocycles. The molecule has 3 rings (SSSR count). The molecule has 0 bridgehead atoms. The lowest BCUT2D eigenvalue weighted by molar-refractivity contribution is 0.427. The van der Waals surface area contributed by atoms with E-state index in [1.165, 1.54) is 24.3 Å². The van der Waals surface area contributed by atoms with Crippen LogP contribution in [0.25, 0.3) is 22.8 Å². The fourth-order valence-electron chi connectivity index (χ4n) is 1.73. The molecule has 1 heterocycles. The lowest BCUT2D eigenvalue weighted by Crippen LogP contribution is -1.89. The normalized spacial score (nSPS) is 10.7.